The van der Waals surface area contributed by atoms with E-state index in [1.807, 2.05) is 25.1 Å². The lowest BCUT2D eigenvalue weighted by atomic mass is 9.99. The van der Waals surface area contributed by atoms with Gasteiger partial charge in [0, 0.05) is 24.0 Å². The Kier molecular flexibility index (Phi) is 6.80. The number of nitrogens with zero attached hydrogens (tertiary/aromatic N) is 1. The molecule has 2 aliphatic heterocycles. The fraction of sp³-hybridized carbons (Fsp3) is 0.333. The second kappa shape index (κ2) is 9.88. The maximum absolute atomic E-state index is 13.2. The summed E-state index contributed by atoms with van der Waals surface area (Å²) in [6, 6.07) is 11.3. The van der Waals surface area contributed by atoms with Crippen LogP contribution in [0, 0.1) is 6.92 Å². The minimum Gasteiger partial charge on any atom is -0.493 e. The summed E-state index contributed by atoms with van der Waals surface area (Å²) < 4.78 is 11.8. The van der Waals surface area contributed by atoms with E-state index in [1.54, 1.807) is 29.5 Å². The highest BCUT2D eigenvalue weighted by atomic mass is 79.9. The molecular weight excluding hydrogens is 542 g/mol. The maximum atomic E-state index is 13.2. The fourth-order valence-electron chi connectivity index (χ4n) is 4.59. The molecule has 36 heavy (non-hydrogen) atoms. The molecule has 1 atom stereocenters. The number of anilines is 1. The average molecular weight is 571 g/mol. The first-order chi connectivity index (χ1) is 17.2. The lowest BCUT2D eigenvalue weighted by Crippen LogP contribution is -2.39. The van der Waals surface area contributed by atoms with Gasteiger partial charge in [0.2, 0.25) is 0 Å². The summed E-state index contributed by atoms with van der Waals surface area (Å²) in [7, 11) is 1.52. The number of halogens is 1. The highest BCUT2D eigenvalue weighted by molar-refractivity contribution is 9.10. The molecule has 2 aromatic carbocycles. The third-order valence-electron chi connectivity index (χ3n) is 6.66. The van der Waals surface area contributed by atoms with Crippen LogP contribution in [-0.2, 0) is 13.0 Å². The number of aryl methyl sites for hydroxylation is 1. The second-order valence-corrected chi connectivity index (χ2v) is 11.3. The monoisotopic (exact) mass is 569 g/mol. The molecule has 0 aliphatic carbocycles. The van der Waals surface area contributed by atoms with Gasteiger partial charge in [0.25, 0.3) is 5.91 Å². The molecule has 3 heterocycles. The number of ether oxygens (including phenoxy) is 2. The van der Waals surface area contributed by atoms with Crippen LogP contribution in [0.1, 0.15) is 62.3 Å². The first-order valence-electron chi connectivity index (χ1n) is 11.9. The summed E-state index contributed by atoms with van der Waals surface area (Å²) in [5, 5.41) is 7.48. The Morgan fingerprint density at radius 3 is 2.64 bits per heavy atom. The molecule has 7 nitrogen and oxygen atoms in total. The maximum Gasteiger partial charge on any atom is 0.343 e. The number of hydrogen-bond acceptors (Lipinski definition) is 7. The van der Waals surface area contributed by atoms with E-state index in [2.05, 4.69) is 45.3 Å². The Hall–Kier alpha value is -2.88. The van der Waals surface area contributed by atoms with Gasteiger partial charge in [-0.3, -0.25) is 9.69 Å². The van der Waals surface area contributed by atoms with E-state index in [0.29, 0.717) is 21.8 Å². The fourth-order valence-corrected chi connectivity index (χ4v) is 6.43. The van der Waals surface area contributed by atoms with Crippen LogP contribution in [-0.4, -0.2) is 36.5 Å². The molecule has 2 aliphatic rings. The number of carbonyl (C=O) groups excluding carboxylic acids is 2. The predicted octanol–water partition coefficient (Wildman–Crippen LogP) is 5.67. The summed E-state index contributed by atoms with van der Waals surface area (Å²) in [5.74, 6) is 0.124. The van der Waals surface area contributed by atoms with Crippen molar-refractivity contribution in [3.63, 3.8) is 0 Å². The minimum atomic E-state index is -0.477. The van der Waals surface area contributed by atoms with Crippen molar-refractivity contribution in [2.24, 2.45) is 0 Å². The first kappa shape index (κ1) is 24.8. The van der Waals surface area contributed by atoms with Crippen LogP contribution >= 0.6 is 27.3 Å². The van der Waals surface area contributed by atoms with Gasteiger partial charge in [-0.15, -0.1) is 11.3 Å². The third-order valence-corrected chi connectivity index (χ3v) is 8.40. The van der Waals surface area contributed by atoms with Gasteiger partial charge < -0.3 is 20.1 Å². The van der Waals surface area contributed by atoms with E-state index >= 15 is 0 Å². The topological polar surface area (TPSA) is 79.9 Å². The van der Waals surface area contributed by atoms with Crippen molar-refractivity contribution in [1.82, 2.24) is 10.2 Å². The molecule has 0 unspecified atom stereocenters. The van der Waals surface area contributed by atoms with E-state index in [4.69, 9.17) is 9.47 Å². The molecule has 9 heteroatoms. The first-order valence-corrected chi connectivity index (χ1v) is 13.5. The van der Waals surface area contributed by atoms with Gasteiger partial charge in [-0.25, -0.2) is 4.79 Å². The number of carbonyl (C=O) groups is 2. The molecular formula is C27H28BrN3O4S. The van der Waals surface area contributed by atoms with Crippen molar-refractivity contribution in [3.8, 4) is 11.5 Å². The largest absolute Gasteiger partial charge is 0.493 e. The zero-order valence-corrected chi connectivity index (χ0v) is 23.0. The van der Waals surface area contributed by atoms with Crippen LogP contribution in [0.5, 0.6) is 11.5 Å². The number of nitrogens with one attached hydrogen (secondary N) is 2. The molecule has 0 spiro atoms. The summed E-state index contributed by atoms with van der Waals surface area (Å²) in [6.45, 7) is 8.18. The van der Waals surface area contributed by atoms with Crippen LogP contribution in [0.2, 0.25) is 0 Å². The van der Waals surface area contributed by atoms with E-state index in [-0.39, 0.29) is 11.7 Å². The molecule has 1 amide bonds. The van der Waals surface area contributed by atoms with Gasteiger partial charge in [0.1, 0.15) is 11.2 Å². The Morgan fingerprint density at radius 2 is 1.94 bits per heavy atom. The third kappa shape index (κ3) is 4.63. The SMILES string of the molecule is COc1cc([C@@H]2NC(=O)c3c(sc4c3CCN(C(C)C)C4)N2)cc(Br)c1OC(=O)c1ccc(C)cc1. The van der Waals surface area contributed by atoms with E-state index in [1.165, 1.54) is 12.0 Å². The smallest absolute Gasteiger partial charge is 0.343 e. The molecule has 0 fully saturated rings. The minimum absolute atomic E-state index is 0.0748. The molecule has 3 aromatic rings. The number of hydrogen-bond donors (Lipinski definition) is 2. The van der Waals surface area contributed by atoms with Crippen LogP contribution < -0.4 is 20.1 Å². The van der Waals surface area contributed by atoms with E-state index in [9.17, 15) is 9.59 Å². The van der Waals surface area contributed by atoms with Crippen molar-refractivity contribution in [2.45, 2.75) is 45.9 Å². The quantitative estimate of drug-likeness (QED) is 0.304. The molecule has 2 N–H and O–H groups in total. The second-order valence-electron chi connectivity index (χ2n) is 9.36. The van der Waals surface area contributed by atoms with Crippen molar-refractivity contribution < 1.29 is 19.1 Å². The number of benzene rings is 2. The molecule has 0 saturated heterocycles. The Morgan fingerprint density at radius 1 is 1.19 bits per heavy atom. The van der Waals surface area contributed by atoms with Crippen molar-refractivity contribution in [3.05, 3.63) is 73.6 Å². The number of esters is 1. The van der Waals surface area contributed by atoms with Crippen LogP contribution in [0.15, 0.2) is 40.9 Å². The summed E-state index contributed by atoms with van der Waals surface area (Å²) in [6.07, 6.45) is 0.429. The van der Waals surface area contributed by atoms with Gasteiger partial charge >= 0.3 is 5.97 Å². The van der Waals surface area contributed by atoms with E-state index < -0.39 is 12.1 Å². The lowest BCUT2D eigenvalue weighted by Gasteiger charge is -2.31. The van der Waals surface area contributed by atoms with Gasteiger partial charge in [-0.2, -0.15) is 0 Å². The summed E-state index contributed by atoms with van der Waals surface area (Å²) in [5.41, 5.74) is 4.22. The molecule has 1 aromatic heterocycles. The van der Waals surface area contributed by atoms with E-state index in [0.717, 1.165) is 46.8 Å². The molecule has 0 radical (unpaired) electrons. The van der Waals surface area contributed by atoms with Gasteiger partial charge in [-0.05, 0) is 78.5 Å². The molecule has 188 valence electrons. The molecule has 0 bridgehead atoms. The zero-order chi connectivity index (χ0) is 25.6. The summed E-state index contributed by atoms with van der Waals surface area (Å²) >= 11 is 5.19. The zero-order valence-electron chi connectivity index (χ0n) is 20.6. The van der Waals surface area contributed by atoms with Crippen molar-refractivity contribution in [2.75, 3.05) is 19.0 Å². The number of fused-ring (bicyclic) bond motifs is 3. The number of amides is 1. The Labute approximate surface area is 222 Å². The standard InChI is InChI=1S/C27H28BrN3O4S/c1-14(2)31-10-9-18-21(13-31)36-26-22(18)25(32)29-24(30-26)17-11-19(28)23(20(12-17)34-4)35-27(33)16-7-5-15(3)6-8-16/h5-8,11-12,14,24,30H,9-10,13H2,1-4H3,(H,29,32)/t24-/m1/s1. The number of methoxy groups -OCH3 is 1. The van der Waals surface area contributed by atoms with Gasteiger partial charge in [0.05, 0.1) is 22.7 Å². The van der Waals surface area contributed by atoms with Crippen LogP contribution in [0.4, 0.5) is 5.00 Å². The van der Waals surface area contributed by atoms with Gasteiger partial charge in [0.15, 0.2) is 11.5 Å². The number of thiophene rings is 1. The highest BCUT2D eigenvalue weighted by Crippen LogP contribution is 2.43. The molecule has 0 saturated carbocycles. The molecule has 5 rings (SSSR count). The lowest BCUT2D eigenvalue weighted by molar-refractivity contribution is 0.0728. The van der Waals surface area contributed by atoms with Crippen molar-refractivity contribution >= 4 is 44.1 Å². The Balaban J connectivity index is 1.40. The van der Waals surface area contributed by atoms with Gasteiger partial charge in [-0.1, -0.05) is 17.7 Å². The Bertz CT molecular complexity index is 1340. The van der Waals surface area contributed by atoms with Crippen LogP contribution in [0.25, 0.3) is 0 Å². The van der Waals surface area contributed by atoms with Crippen molar-refractivity contribution in [1.29, 1.82) is 0 Å². The average Bonchev–Trinajstić information content (AvgIpc) is 3.23. The predicted molar refractivity (Wildman–Crippen MR) is 144 cm³/mol. The summed E-state index contributed by atoms with van der Waals surface area (Å²) in [4.78, 5) is 29.6. The highest BCUT2D eigenvalue weighted by Gasteiger charge is 2.34. The number of rotatable bonds is 5. The van der Waals surface area contributed by atoms with Crippen LogP contribution in [0.3, 0.4) is 0 Å². The normalized spacial score (nSPS) is 17.2.